The van der Waals surface area contributed by atoms with Gasteiger partial charge in [-0.15, -0.1) is 0 Å². The zero-order chi connectivity index (χ0) is 55.0. The molecule has 450 valence electrons. The molecular formula is C70H135NO5. The van der Waals surface area contributed by atoms with Gasteiger partial charge in [-0.2, -0.15) is 0 Å². The van der Waals surface area contributed by atoms with E-state index in [1.165, 1.54) is 308 Å². The van der Waals surface area contributed by atoms with E-state index >= 15 is 0 Å². The molecule has 0 aromatic heterocycles. The van der Waals surface area contributed by atoms with Gasteiger partial charge in [-0.05, 0) is 77.0 Å². The quantitative estimate of drug-likeness (QED) is 0.0320. The minimum absolute atomic E-state index is 0.00475. The lowest BCUT2D eigenvalue weighted by Crippen LogP contribution is -2.45. The third kappa shape index (κ3) is 61.6. The molecule has 0 fully saturated rings. The van der Waals surface area contributed by atoms with Gasteiger partial charge in [0.25, 0.3) is 0 Å². The van der Waals surface area contributed by atoms with Crippen molar-refractivity contribution in [3.8, 4) is 0 Å². The Morgan fingerprint density at radius 2 is 0.618 bits per heavy atom. The molecule has 0 radical (unpaired) electrons. The average Bonchev–Trinajstić information content (AvgIpc) is 3.42. The SMILES string of the molecule is CCCCCCC/C=C\CCCCCCCC(=O)OCCCCCCCCCCCCCC/C=C\CCCCCCCCCCC(=O)NC(CO)C(O)CCCCCCCCCCCCCCCCCCCCCCC. The first-order valence-electron chi connectivity index (χ1n) is 34.6. The van der Waals surface area contributed by atoms with E-state index in [0.29, 0.717) is 25.9 Å². The van der Waals surface area contributed by atoms with E-state index < -0.39 is 12.1 Å². The van der Waals surface area contributed by atoms with Gasteiger partial charge in [0.15, 0.2) is 0 Å². The maximum atomic E-state index is 12.5. The summed E-state index contributed by atoms with van der Waals surface area (Å²) >= 11 is 0. The maximum Gasteiger partial charge on any atom is 0.305 e. The Bertz CT molecular complexity index is 1190. The standard InChI is InChI=1S/C70H135NO5/c1-3-5-7-9-11-13-15-17-19-20-21-26-29-32-35-38-42-46-50-54-58-62-68(73)67(66-72)71-69(74)63-59-55-51-47-43-39-36-33-30-27-24-22-23-25-28-31-34-37-41-45-49-53-57-61-65-76-70(75)64-60-56-52-48-44-40-18-16-14-12-10-8-6-4-2/h16,18,24,27,67-68,72-73H,3-15,17,19-23,25-26,28-66H2,1-2H3,(H,71,74)/b18-16-,27-24-. The monoisotopic (exact) mass is 1070 g/mol. The summed E-state index contributed by atoms with van der Waals surface area (Å²) in [7, 11) is 0. The predicted molar refractivity (Wildman–Crippen MR) is 333 cm³/mol. The van der Waals surface area contributed by atoms with Gasteiger partial charge in [0.1, 0.15) is 0 Å². The van der Waals surface area contributed by atoms with Crippen molar-refractivity contribution < 1.29 is 24.5 Å². The zero-order valence-electron chi connectivity index (χ0n) is 51.5. The molecule has 0 aliphatic carbocycles. The van der Waals surface area contributed by atoms with E-state index in [9.17, 15) is 19.8 Å². The van der Waals surface area contributed by atoms with Crippen LogP contribution in [0.25, 0.3) is 0 Å². The Kier molecular flexibility index (Phi) is 64.4. The minimum Gasteiger partial charge on any atom is -0.466 e. The maximum absolute atomic E-state index is 12.5. The minimum atomic E-state index is -0.668. The molecule has 0 aromatic rings. The van der Waals surface area contributed by atoms with E-state index in [1.807, 2.05) is 0 Å². The number of esters is 1. The van der Waals surface area contributed by atoms with Gasteiger partial charge in [-0.1, -0.05) is 321 Å². The molecule has 0 spiro atoms. The van der Waals surface area contributed by atoms with Gasteiger partial charge >= 0.3 is 5.97 Å². The van der Waals surface area contributed by atoms with Crippen LogP contribution in [0.1, 0.15) is 386 Å². The fourth-order valence-electron chi connectivity index (χ4n) is 10.9. The van der Waals surface area contributed by atoms with Crippen LogP contribution in [0.5, 0.6) is 0 Å². The number of hydrogen-bond donors (Lipinski definition) is 3. The average molecular weight is 1070 g/mol. The van der Waals surface area contributed by atoms with Crippen molar-refractivity contribution in [2.24, 2.45) is 0 Å². The van der Waals surface area contributed by atoms with Gasteiger partial charge in [0, 0.05) is 12.8 Å². The fourth-order valence-corrected chi connectivity index (χ4v) is 10.9. The van der Waals surface area contributed by atoms with E-state index in [-0.39, 0.29) is 18.5 Å². The summed E-state index contributed by atoms with van der Waals surface area (Å²) < 4.78 is 5.48. The number of carbonyl (C=O) groups is 2. The Morgan fingerprint density at radius 3 is 0.934 bits per heavy atom. The first-order chi connectivity index (χ1) is 37.5. The molecule has 0 aliphatic heterocycles. The summed E-state index contributed by atoms with van der Waals surface area (Å²) in [6.45, 7) is 4.97. The van der Waals surface area contributed by atoms with Crippen molar-refractivity contribution in [3.05, 3.63) is 24.3 Å². The summed E-state index contributed by atoms with van der Waals surface area (Å²) in [6, 6.07) is -0.546. The summed E-state index contributed by atoms with van der Waals surface area (Å²) in [5.41, 5.74) is 0. The number of amides is 1. The number of rotatable bonds is 65. The molecular weight excluding hydrogens is 935 g/mol. The number of unbranched alkanes of at least 4 members (excludes halogenated alkanes) is 50. The van der Waals surface area contributed by atoms with Crippen LogP contribution < -0.4 is 5.32 Å². The number of carbonyl (C=O) groups excluding carboxylic acids is 2. The highest BCUT2D eigenvalue weighted by atomic mass is 16.5. The van der Waals surface area contributed by atoms with Crippen LogP contribution in [-0.4, -0.2) is 47.4 Å². The first kappa shape index (κ1) is 74.3. The second-order valence-corrected chi connectivity index (χ2v) is 23.9. The second kappa shape index (κ2) is 65.9. The van der Waals surface area contributed by atoms with Crippen molar-refractivity contribution in [1.82, 2.24) is 5.32 Å². The Hall–Kier alpha value is -1.66. The predicted octanol–water partition coefficient (Wildman–Crippen LogP) is 22.1. The number of nitrogens with one attached hydrogen (secondary N) is 1. The van der Waals surface area contributed by atoms with Crippen molar-refractivity contribution in [2.45, 2.75) is 398 Å². The summed E-state index contributed by atoms with van der Waals surface area (Å²) in [4.78, 5) is 24.6. The van der Waals surface area contributed by atoms with Crippen LogP contribution in [-0.2, 0) is 14.3 Å². The second-order valence-electron chi connectivity index (χ2n) is 23.9. The summed E-state index contributed by atoms with van der Waals surface area (Å²) in [6.07, 6.45) is 82.1. The largest absolute Gasteiger partial charge is 0.466 e. The molecule has 0 aromatic carbocycles. The summed E-state index contributed by atoms with van der Waals surface area (Å²) in [5.74, 6) is -0.0307. The van der Waals surface area contributed by atoms with E-state index in [1.54, 1.807) is 0 Å². The van der Waals surface area contributed by atoms with Crippen molar-refractivity contribution >= 4 is 11.9 Å². The van der Waals surface area contributed by atoms with Crippen LogP contribution in [0.2, 0.25) is 0 Å². The number of aliphatic hydroxyl groups is 2. The number of allylic oxidation sites excluding steroid dienone is 4. The van der Waals surface area contributed by atoms with Crippen molar-refractivity contribution in [1.29, 1.82) is 0 Å². The van der Waals surface area contributed by atoms with Gasteiger partial charge in [-0.25, -0.2) is 0 Å². The molecule has 0 heterocycles. The molecule has 76 heavy (non-hydrogen) atoms. The van der Waals surface area contributed by atoms with Crippen LogP contribution in [0.3, 0.4) is 0 Å². The zero-order valence-corrected chi connectivity index (χ0v) is 51.5. The Labute approximate surface area is 475 Å². The lowest BCUT2D eigenvalue weighted by molar-refractivity contribution is -0.143. The molecule has 1 amide bonds. The number of aliphatic hydroxyl groups excluding tert-OH is 2. The van der Waals surface area contributed by atoms with Gasteiger partial charge < -0.3 is 20.3 Å². The first-order valence-corrected chi connectivity index (χ1v) is 34.6. The molecule has 0 bridgehead atoms. The molecule has 0 saturated heterocycles. The Morgan fingerprint density at radius 1 is 0.355 bits per heavy atom. The smallest absolute Gasteiger partial charge is 0.305 e. The number of ether oxygens (including phenoxy) is 1. The highest BCUT2D eigenvalue weighted by Crippen LogP contribution is 2.18. The van der Waals surface area contributed by atoms with E-state index in [4.69, 9.17) is 4.74 Å². The fraction of sp³-hybridized carbons (Fsp3) is 0.914. The topological polar surface area (TPSA) is 95.9 Å². The third-order valence-electron chi connectivity index (χ3n) is 16.2. The highest BCUT2D eigenvalue weighted by Gasteiger charge is 2.20. The van der Waals surface area contributed by atoms with E-state index in [2.05, 4.69) is 43.5 Å². The number of hydrogen-bond acceptors (Lipinski definition) is 5. The molecule has 0 saturated carbocycles. The van der Waals surface area contributed by atoms with Crippen molar-refractivity contribution in [2.75, 3.05) is 13.2 Å². The Balaban J connectivity index is 3.40. The van der Waals surface area contributed by atoms with Crippen molar-refractivity contribution in [3.63, 3.8) is 0 Å². The normalized spacial score (nSPS) is 12.6. The highest BCUT2D eigenvalue weighted by molar-refractivity contribution is 5.76. The molecule has 6 heteroatoms. The lowest BCUT2D eigenvalue weighted by Gasteiger charge is -2.22. The van der Waals surface area contributed by atoms with Gasteiger partial charge in [0.2, 0.25) is 5.91 Å². The third-order valence-corrected chi connectivity index (χ3v) is 16.2. The van der Waals surface area contributed by atoms with Crippen LogP contribution in [0.4, 0.5) is 0 Å². The van der Waals surface area contributed by atoms with E-state index in [0.717, 1.165) is 44.9 Å². The molecule has 3 N–H and O–H groups in total. The van der Waals surface area contributed by atoms with Gasteiger partial charge in [-0.3, -0.25) is 9.59 Å². The lowest BCUT2D eigenvalue weighted by atomic mass is 10.0. The van der Waals surface area contributed by atoms with Gasteiger partial charge in [0.05, 0.1) is 25.4 Å². The van der Waals surface area contributed by atoms with Crippen LogP contribution in [0.15, 0.2) is 24.3 Å². The van der Waals surface area contributed by atoms with Crippen LogP contribution >= 0.6 is 0 Å². The molecule has 6 nitrogen and oxygen atoms in total. The van der Waals surface area contributed by atoms with Crippen LogP contribution in [0, 0.1) is 0 Å². The molecule has 2 unspecified atom stereocenters. The molecule has 0 aliphatic rings. The molecule has 2 atom stereocenters. The summed E-state index contributed by atoms with van der Waals surface area (Å²) in [5, 5.41) is 23.4. The molecule has 0 rings (SSSR count).